The minimum absolute atomic E-state index is 0.0708. The molecule has 0 aliphatic carbocycles. The van der Waals surface area contributed by atoms with E-state index in [1.807, 2.05) is 18.7 Å². The van der Waals surface area contributed by atoms with Crippen LogP contribution in [-0.2, 0) is 6.42 Å². The van der Waals surface area contributed by atoms with Crippen LogP contribution in [0.3, 0.4) is 0 Å². The van der Waals surface area contributed by atoms with Crippen molar-refractivity contribution in [3.8, 4) is 0 Å². The van der Waals surface area contributed by atoms with E-state index in [0.717, 1.165) is 24.7 Å². The maximum atomic E-state index is 11.4. The minimum Gasteiger partial charge on any atom is -0.370 e. The first kappa shape index (κ1) is 12.5. The summed E-state index contributed by atoms with van der Waals surface area (Å²) in [5, 5.41) is 3.29. The Morgan fingerprint density at radius 3 is 3.00 bits per heavy atom. The van der Waals surface area contributed by atoms with E-state index in [2.05, 4.69) is 15.3 Å². The molecule has 4 nitrogen and oxygen atoms in total. The number of nitrogens with one attached hydrogen (secondary N) is 2. The van der Waals surface area contributed by atoms with Gasteiger partial charge in [-0.15, -0.1) is 0 Å². The van der Waals surface area contributed by atoms with Gasteiger partial charge in [-0.25, -0.2) is 4.98 Å². The standard InChI is InChI=1S/C12H19N3OS/c1-2-10-14-11(7-12(16)15-10)13-8-9-3-5-17-6-4-9/h7,9H,2-6,8H2,1H3,(H2,13,14,15,16). The van der Waals surface area contributed by atoms with E-state index in [9.17, 15) is 4.79 Å². The molecule has 0 bridgehead atoms. The molecule has 94 valence electrons. The average Bonchev–Trinajstić information content (AvgIpc) is 2.37. The van der Waals surface area contributed by atoms with Crippen LogP contribution in [0.25, 0.3) is 0 Å². The van der Waals surface area contributed by atoms with Crippen LogP contribution in [0, 0.1) is 5.92 Å². The molecular weight excluding hydrogens is 234 g/mol. The summed E-state index contributed by atoms with van der Waals surface area (Å²) in [5.74, 6) is 4.70. The molecule has 1 aromatic heterocycles. The van der Waals surface area contributed by atoms with E-state index < -0.39 is 0 Å². The van der Waals surface area contributed by atoms with Gasteiger partial charge in [-0.05, 0) is 30.3 Å². The zero-order valence-electron chi connectivity index (χ0n) is 10.2. The van der Waals surface area contributed by atoms with Gasteiger partial charge >= 0.3 is 0 Å². The summed E-state index contributed by atoms with van der Waals surface area (Å²) < 4.78 is 0. The number of anilines is 1. The lowest BCUT2D eigenvalue weighted by Crippen LogP contribution is -2.21. The third-order valence-corrected chi connectivity index (χ3v) is 4.09. The highest BCUT2D eigenvalue weighted by molar-refractivity contribution is 7.99. The summed E-state index contributed by atoms with van der Waals surface area (Å²) in [5.41, 5.74) is -0.0708. The monoisotopic (exact) mass is 253 g/mol. The highest BCUT2D eigenvalue weighted by Crippen LogP contribution is 2.22. The van der Waals surface area contributed by atoms with Gasteiger partial charge in [-0.2, -0.15) is 11.8 Å². The molecule has 2 N–H and O–H groups in total. The van der Waals surface area contributed by atoms with E-state index in [1.54, 1.807) is 0 Å². The van der Waals surface area contributed by atoms with E-state index in [-0.39, 0.29) is 5.56 Å². The Morgan fingerprint density at radius 1 is 1.53 bits per heavy atom. The maximum Gasteiger partial charge on any atom is 0.252 e. The number of hydrogen-bond donors (Lipinski definition) is 2. The Bertz CT molecular complexity index is 412. The Kier molecular flexibility index (Phi) is 4.48. The second kappa shape index (κ2) is 6.10. The molecule has 1 fully saturated rings. The molecular formula is C12H19N3OS. The number of aromatic nitrogens is 2. The highest BCUT2D eigenvalue weighted by Gasteiger charge is 2.13. The number of aromatic amines is 1. The van der Waals surface area contributed by atoms with Crippen molar-refractivity contribution < 1.29 is 0 Å². The topological polar surface area (TPSA) is 57.8 Å². The number of thioether (sulfide) groups is 1. The second-order valence-electron chi connectivity index (χ2n) is 4.37. The Morgan fingerprint density at radius 2 is 2.29 bits per heavy atom. The molecule has 0 saturated carbocycles. The van der Waals surface area contributed by atoms with Crippen molar-refractivity contribution in [2.45, 2.75) is 26.2 Å². The summed E-state index contributed by atoms with van der Waals surface area (Å²) in [6.07, 6.45) is 3.29. The molecule has 17 heavy (non-hydrogen) atoms. The van der Waals surface area contributed by atoms with E-state index in [4.69, 9.17) is 0 Å². The van der Waals surface area contributed by atoms with Crippen LogP contribution in [-0.4, -0.2) is 28.0 Å². The van der Waals surface area contributed by atoms with Crippen molar-refractivity contribution in [3.63, 3.8) is 0 Å². The van der Waals surface area contributed by atoms with Gasteiger partial charge in [0.05, 0.1) is 0 Å². The number of hydrogen-bond acceptors (Lipinski definition) is 4. The maximum absolute atomic E-state index is 11.4. The first-order valence-corrected chi connectivity index (χ1v) is 7.35. The van der Waals surface area contributed by atoms with Crippen molar-refractivity contribution >= 4 is 17.6 Å². The molecule has 0 atom stereocenters. The Hall–Kier alpha value is -0.970. The summed E-state index contributed by atoms with van der Waals surface area (Å²) in [6.45, 7) is 2.92. The summed E-state index contributed by atoms with van der Waals surface area (Å²) >= 11 is 2.03. The molecule has 1 aliphatic rings. The SMILES string of the molecule is CCc1nc(NCC2CCSCC2)cc(=O)[nH]1. The van der Waals surface area contributed by atoms with Gasteiger partial charge in [-0.3, -0.25) is 4.79 Å². The molecule has 5 heteroatoms. The number of H-pyrrole nitrogens is 1. The van der Waals surface area contributed by atoms with E-state index >= 15 is 0 Å². The quantitative estimate of drug-likeness (QED) is 0.860. The average molecular weight is 253 g/mol. The molecule has 1 aliphatic heterocycles. The van der Waals surface area contributed by atoms with Gasteiger partial charge in [0.2, 0.25) is 0 Å². The van der Waals surface area contributed by atoms with Crippen LogP contribution in [0.15, 0.2) is 10.9 Å². The number of rotatable bonds is 4. The van der Waals surface area contributed by atoms with Crippen LogP contribution < -0.4 is 10.9 Å². The van der Waals surface area contributed by atoms with Gasteiger partial charge in [0, 0.05) is 19.0 Å². The van der Waals surface area contributed by atoms with Crippen LogP contribution in [0.1, 0.15) is 25.6 Å². The lowest BCUT2D eigenvalue weighted by Gasteiger charge is -2.21. The first-order chi connectivity index (χ1) is 8.28. The second-order valence-corrected chi connectivity index (χ2v) is 5.59. The van der Waals surface area contributed by atoms with Crippen molar-refractivity contribution in [1.82, 2.24) is 9.97 Å². The van der Waals surface area contributed by atoms with Gasteiger partial charge in [0.15, 0.2) is 0 Å². The summed E-state index contributed by atoms with van der Waals surface area (Å²) in [7, 11) is 0. The molecule has 0 radical (unpaired) electrons. The van der Waals surface area contributed by atoms with Gasteiger partial charge < -0.3 is 10.3 Å². The van der Waals surface area contributed by atoms with Crippen LogP contribution >= 0.6 is 11.8 Å². The molecule has 0 spiro atoms. The Labute approximate surface area is 106 Å². The smallest absolute Gasteiger partial charge is 0.252 e. The summed E-state index contributed by atoms with van der Waals surface area (Å²) in [6, 6.07) is 1.54. The normalized spacial score (nSPS) is 17.0. The van der Waals surface area contributed by atoms with Crippen molar-refractivity contribution in [3.05, 3.63) is 22.2 Å². The summed E-state index contributed by atoms with van der Waals surface area (Å²) in [4.78, 5) is 18.5. The third-order valence-electron chi connectivity index (χ3n) is 3.04. The van der Waals surface area contributed by atoms with Gasteiger partial charge in [0.1, 0.15) is 11.6 Å². The predicted molar refractivity (Wildman–Crippen MR) is 72.8 cm³/mol. The van der Waals surface area contributed by atoms with Gasteiger partial charge in [-0.1, -0.05) is 6.92 Å². The zero-order chi connectivity index (χ0) is 12.1. The molecule has 1 aromatic rings. The fourth-order valence-corrected chi connectivity index (χ4v) is 3.17. The largest absolute Gasteiger partial charge is 0.370 e. The van der Waals surface area contributed by atoms with Crippen LogP contribution in [0.2, 0.25) is 0 Å². The van der Waals surface area contributed by atoms with Crippen molar-refractivity contribution in [1.29, 1.82) is 0 Å². The number of nitrogens with zero attached hydrogens (tertiary/aromatic N) is 1. The zero-order valence-corrected chi connectivity index (χ0v) is 11.0. The van der Waals surface area contributed by atoms with Gasteiger partial charge in [0.25, 0.3) is 5.56 Å². The molecule has 1 saturated heterocycles. The lowest BCUT2D eigenvalue weighted by atomic mass is 10.0. The van der Waals surface area contributed by atoms with E-state index in [0.29, 0.717) is 5.82 Å². The molecule has 0 amide bonds. The van der Waals surface area contributed by atoms with Crippen molar-refractivity contribution in [2.75, 3.05) is 23.4 Å². The minimum atomic E-state index is -0.0708. The van der Waals surface area contributed by atoms with Crippen LogP contribution in [0.5, 0.6) is 0 Å². The molecule has 0 unspecified atom stereocenters. The first-order valence-electron chi connectivity index (χ1n) is 6.19. The number of aryl methyl sites for hydroxylation is 1. The molecule has 2 heterocycles. The fraction of sp³-hybridized carbons (Fsp3) is 0.667. The van der Waals surface area contributed by atoms with Crippen molar-refractivity contribution in [2.24, 2.45) is 5.92 Å². The third kappa shape index (κ3) is 3.77. The predicted octanol–water partition coefficient (Wildman–Crippen LogP) is 1.89. The molecule has 0 aromatic carbocycles. The Balaban J connectivity index is 1.93. The lowest BCUT2D eigenvalue weighted by molar-refractivity contribution is 0.515. The van der Waals surface area contributed by atoms with Crippen LogP contribution in [0.4, 0.5) is 5.82 Å². The fourth-order valence-electron chi connectivity index (χ4n) is 1.97. The molecule has 2 rings (SSSR count). The highest BCUT2D eigenvalue weighted by atomic mass is 32.2. The van der Waals surface area contributed by atoms with E-state index in [1.165, 1.54) is 30.4 Å².